The van der Waals surface area contributed by atoms with Crippen LogP contribution in [0.2, 0.25) is 0 Å². The van der Waals surface area contributed by atoms with Crippen molar-refractivity contribution in [2.45, 2.75) is 50.7 Å². The Morgan fingerprint density at radius 2 is 1.97 bits per heavy atom. The van der Waals surface area contributed by atoms with Crippen molar-refractivity contribution < 1.29 is 18.7 Å². The molecule has 0 radical (unpaired) electrons. The Balaban J connectivity index is 1.39. The number of methoxy groups -OCH3 is 1. The zero-order valence-electron chi connectivity index (χ0n) is 18.0. The predicted octanol–water partition coefficient (Wildman–Crippen LogP) is 2.65. The van der Waals surface area contributed by atoms with Crippen molar-refractivity contribution in [2.24, 2.45) is 0 Å². The van der Waals surface area contributed by atoms with E-state index in [1.807, 2.05) is 18.0 Å². The van der Waals surface area contributed by atoms with Crippen molar-refractivity contribution in [3.05, 3.63) is 35.7 Å². The molecule has 31 heavy (non-hydrogen) atoms. The second-order valence-electron chi connectivity index (χ2n) is 8.15. The molecule has 2 saturated heterocycles. The van der Waals surface area contributed by atoms with Crippen LogP contribution in [0, 0.1) is 12.7 Å². The summed E-state index contributed by atoms with van der Waals surface area (Å²) in [6.45, 7) is 4.60. The number of amides is 1. The first-order valence-corrected chi connectivity index (χ1v) is 10.8. The number of hydrogen-bond acceptors (Lipinski definition) is 7. The number of aromatic amines is 1. The van der Waals surface area contributed by atoms with E-state index in [1.54, 1.807) is 4.90 Å². The Morgan fingerprint density at radius 1 is 1.23 bits per heavy atom. The van der Waals surface area contributed by atoms with Crippen molar-refractivity contribution in [3.63, 3.8) is 0 Å². The summed E-state index contributed by atoms with van der Waals surface area (Å²) in [7, 11) is 1.41. The fourth-order valence-corrected chi connectivity index (χ4v) is 4.59. The molecule has 2 aromatic heterocycles. The number of nitrogens with zero attached hydrogens (tertiary/aromatic N) is 5. The first-order valence-electron chi connectivity index (χ1n) is 10.8. The number of piperidine rings is 2. The number of carbonyl (C=O) groups excluding carboxylic acids is 1. The molecule has 2 fully saturated rings. The summed E-state index contributed by atoms with van der Waals surface area (Å²) in [5.41, 5.74) is 2.08. The van der Waals surface area contributed by atoms with Crippen molar-refractivity contribution in [1.82, 2.24) is 25.1 Å². The van der Waals surface area contributed by atoms with Gasteiger partial charge in [0, 0.05) is 31.7 Å². The molecule has 0 aromatic carbocycles. The van der Waals surface area contributed by atoms with E-state index in [4.69, 9.17) is 9.47 Å². The predicted molar refractivity (Wildman–Crippen MR) is 111 cm³/mol. The Labute approximate surface area is 180 Å². The molecular formula is C21H29FN6O3. The number of likely N-dealkylation sites (tertiary alicyclic amines) is 1. The van der Waals surface area contributed by atoms with Crippen LogP contribution in [0.5, 0.6) is 0 Å². The maximum atomic E-state index is 13.1. The summed E-state index contributed by atoms with van der Waals surface area (Å²) < 4.78 is 24.4. The van der Waals surface area contributed by atoms with Crippen molar-refractivity contribution in [1.29, 1.82) is 0 Å². The quantitative estimate of drug-likeness (QED) is 0.776. The molecule has 2 unspecified atom stereocenters. The summed E-state index contributed by atoms with van der Waals surface area (Å²) in [4.78, 5) is 24.4. The number of H-pyrrole nitrogens is 1. The molecular weight excluding hydrogens is 403 g/mol. The van der Waals surface area contributed by atoms with E-state index < -0.39 is 5.82 Å². The maximum Gasteiger partial charge on any atom is 0.409 e. The minimum Gasteiger partial charge on any atom is -0.453 e. The molecule has 1 amide bonds. The smallest absolute Gasteiger partial charge is 0.409 e. The van der Waals surface area contributed by atoms with E-state index in [0.29, 0.717) is 19.1 Å². The van der Waals surface area contributed by atoms with Crippen LogP contribution in [0.3, 0.4) is 0 Å². The average Bonchev–Trinajstić information content (AvgIpc) is 3.23. The van der Waals surface area contributed by atoms with Gasteiger partial charge >= 0.3 is 6.09 Å². The number of nitrogens with one attached hydrogen (secondary N) is 1. The first kappa shape index (κ1) is 21.5. The van der Waals surface area contributed by atoms with E-state index in [-0.39, 0.29) is 24.2 Å². The largest absolute Gasteiger partial charge is 0.453 e. The molecule has 4 heterocycles. The lowest BCUT2D eigenvalue weighted by Gasteiger charge is -2.41. The van der Waals surface area contributed by atoms with Crippen LogP contribution in [-0.4, -0.2) is 76.7 Å². The van der Waals surface area contributed by atoms with Crippen LogP contribution in [0.15, 0.2) is 18.6 Å². The molecule has 10 heteroatoms. The molecule has 9 nitrogen and oxygen atoms in total. The van der Waals surface area contributed by atoms with E-state index in [2.05, 4.69) is 20.2 Å². The number of anilines is 1. The number of halogens is 1. The van der Waals surface area contributed by atoms with E-state index in [1.165, 1.54) is 19.5 Å². The zero-order chi connectivity index (χ0) is 21.8. The summed E-state index contributed by atoms with van der Waals surface area (Å²) >= 11 is 0. The summed E-state index contributed by atoms with van der Waals surface area (Å²) in [5, 5.41) is 7.38. The molecule has 0 aliphatic carbocycles. The third kappa shape index (κ3) is 4.79. The average molecular weight is 433 g/mol. The molecule has 2 aliphatic heterocycles. The van der Waals surface area contributed by atoms with Crippen LogP contribution in [0.4, 0.5) is 15.1 Å². The summed E-state index contributed by atoms with van der Waals surface area (Å²) in [6, 6.07) is -0.123. The molecule has 0 saturated carbocycles. The van der Waals surface area contributed by atoms with Crippen molar-refractivity contribution >= 4 is 12.0 Å². The van der Waals surface area contributed by atoms with E-state index in [0.717, 1.165) is 50.0 Å². The van der Waals surface area contributed by atoms with Gasteiger partial charge < -0.3 is 19.3 Å². The molecule has 1 N–H and O–H groups in total. The third-order valence-electron chi connectivity index (χ3n) is 6.24. The Bertz CT molecular complexity index is 868. The maximum absolute atomic E-state index is 13.1. The van der Waals surface area contributed by atoms with Gasteiger partial charge in [-0.2, -0.15) is 5.10 Å². The SMILES string of the molecule is COC(=O)N1CCCC(c2n[nH]cc2C)C1COC1CCN(c2ncc(F)cn2)CC1. The Kier molecular flexibility index (Phi) is 6.64. The zero-order valence-corrected chi connectivity index (χ0v) is 18.0. The lowest BCUT2D eigenvalue weighted by molar-refractivity contribution is -0.0178. The standard InChI is InChI=1S/C21H29FN6O3/c1-14-10-25-26-19(14)17-4-3-7-28(21(29)30-2)18(17)13-31-16-5-8-27(9-6-16)20-23-11-15(22)12-24-20/h10-12,16-18H,3-9,13H2,1-2H3,(H,25,26). The molecule has 0 bridgehead atoms. The van der Waals surface area contributed by atoms with Gasteiger partial charge in [0.15, 0.2) is 5.82 Å². The Morgan fingerprint density at radius 3 is 2.61 bits per heavy atom. The van der Waals surface area contributed by atoms with Gasteiger partial charge in [-0.3, -0.25) is 5.10 Å². The van der Waals surface area contributed by atoms with Gasteiger partial charge in [0.25, 0.3) is 0 Å². The molecule has 2 aliphatic rings. The highest BCUT2D eigenvalue weighted by molar-refractivity contribution is 5.68. The number of aryl methyl sites for hydroxylation is 1. The van der Waals surface area contributed by atoms with Gasteiger partial charge in [-0.15, -0.1) is 0 Å². The molecule has 4 rings (SSSR count). The second-order valence-corrected chi connectivity index (χ2v) is 8.15. The topological polar surface area (TPSA) is 96.5 Å². The van der Waals surface area contributed by atoms with Gasteiger partial charge in [0.1, 0.15) is 0 Å². The van der Waals surface area contributed by atoms with E-state index >= 15 is 0 Å². The number of hydrogen-bond donors (Lipinski definition) is 1. The fraction of sp³-hybridized carbons (Fsp3) is 0.619. The minimum absolute atomic E-state index is 0.0825. The highest BCUT2D eigenvalue weighted by Gasteiger charge is 2.38. The number of rotatable bonds is 5. The van der Waals surface area contributed by atoms with Crippen LogP contribution < -0.4 is 4.90 Å². The monoisotopic (exact) mass is 432 g/mol. The molecule has 168 valence electrons. The van der Waals surface area contributed by atoms with Crippen molar-refractivity contribution in [2.75, 3.05) is 38.3 Å². The number of ether oxygens (including phenoxy) is 2. The van der Waals surface area contributed by atoms with Gasteiger partial charge in [-0.05, 0) is 38.2 Å². The highest BCUT2D eigenvalue weighted by Crippen LogP contribution is 2.34. The lowest BCUT2D eigenvalue weighted by atomic mass is 9.85. The van der Waals surface area contributed by atoms with Gasteiger partial charge in [0.2, 0.25) is 5.95 Å². The second kappa shape index (κ2) is 9.59. The third-order valence-corrected chi connectivity index (χ3v) is 6.24. The van der Waals surface area contributed by atoms with Gasteiger partial charge in [-0.25, -0.2) is 19.2 Å². The normalized spacial score (nSPS) is 22.5. The highest BCUT2D eigenvalue weighted by atomic mass is 19.1. The van der Waals surface area contributed by atoms with Crippen LogP contribution in [0.25, 0.3) is 0 Å². The Hall–Kier alpha value is -2.75. The molecule has 2 aromatic rings. The fourth-order valence-electron chi connectivity index (χ4n) is 4.59. The van der Waals surface area contributed by atoms with Crippen LogP contribution >= 0.6 is 0 Å². The minimum atomic E-state index is -0.439. The van der Waals surface area contributed by atoms with Gasteiger partial charge in [0.05, 0.1) is 44.0 Å². The van der Waals surface area contributed by atoms with Crippen LogP contribution in [0.1, 0.15) is 42.9 Å². The van der Waals surface area contributed by atoms with Crippen molar-refractivity contribution in [3.8, 4) is 0 Å². The summed E-state index contributed by atoms with van der Waals surface area (Å²) in [6.07, 6.45) is 7.51. The lowest BCUT2D eigenvalue weighted by Crippen LogP contribution is -2.51. The van der Waals surface area contributed by atoms with Gasteiger partial charge in [-0.1, -0.05) is 0 Å². The van der Waals surface area contributed by atoms with Crippen LogP contribution in [-0.2, 0) is 9.47 Å². The summed E-state index contributed by atoms with van der Waals surface area (Å²) in [5.74, 6) is 0.205. The first-order chi connectivity index (χ1) is 15.1. The number of carbonyl (C=O) groups is 1. The number of aromatic nitrogens is 4. The van der Waals surface area contributed by atoms with E-state index in [9.17, 15) is 9.18 Å². The molecule has 0 spiro atoms. The molecule has 2 atom stereocenters.